The van der Waals surface area contributed by atoms with E-state index in [1.807, 2.05) is 12.1 Å². The van der Waals surface area contributed by atoms with Crippen LogP contribution in [0.25, 0.3) is 16.6 Å². The van der Waals surface area contributed by atoms with Gasteiger partial charge in [-0.15, -0.1) is 0 Å². The fraction of sp³-hybridized carbons (Fsp3) is 0.182. The molecule has 30 heavy (non-hydrogen) atoms. The van der Waals surface area contributed by atoms with Crippen molar-refractivity contribution in [1.29, 1.82) is 0 Å². The summed E-state index contributed by atoms with van der Waals surface area (Å²) in [5.74, 6) is -0.447. The molecule has 0 saturated heterocycles. The monoisotopic (exact) mass is 404 g/mol. The molecule has 0 atom stereocenters. The molecule has 0 spiro atoms. The van der Waals surface area contributed by atoms with Gasteiger partial charge in [-0.05, 0) is 30.7 Å². The number of aromatic nitrogens is 4. The van der Waals surface area contributed by atoms with Crippen molar-refractivity contribution in [3.8, 4) is 5.69 Å². The van der Waals surface area contributed by atoms with Gasteiger partial charge in [0.1, 0.15) is 6.61 Å². The average Bonchev–Trinajstić information content (AvgIpc) is 3.04. The molecule has 8 heteroatoms. The normalized spacial score (nSPS) is 11.1. The molecule has 0 N–H and O–H groups in total. The van der Waals surface area contributed by atoms with Gasteiger partial charge in [-0.3, -0.25) is 19.4 Å². The van der Waals surface area contributed by atoms with E-state index in [2.05, 4.69) is 4.98 Å². The Morgan fingerprint density at radius 1 is 1.10 bits per heavy atom. The highest BCUT2D eigenvalue weighted by atomic mass is 16.5. The van der Waals surface area contributed by atoms with E-state index in [9.17, 15) is 14.4 Å². The Kier molecular flexibility index (Phi) is 5.16. The fourth-order valence-corrected chi connectivity index (χ4v) is 3.59. The number of rotatable bonds is 5. The van der Waals surface area contributed by atoms with Crippen molar-refractivity contribution in [3.05, 3.63) is 92.9 Å². The van der Waals surface area contributed by atoms with Gasteiger partial charge in [0.15, 0.2) is 0 Å². The van der Waals surface area contributed by atoms with Crippen LogP contribution in [0.4, 0.5) is 0 Å². The number of benzene rings is 1. The number of fused-ring (bicyclic) bond motifs is 1. The van der Waals surface area contributed by atoms with Gasteiger partial charge in [0.2, 0.25) is 0 Å². The molecular formula is C22H20N4O4. The van der Waals surface area contributed by atoms with Crippen molar-refractivity contribution in [2.45, 2.75) is 13.5 Å². The highest BCUT2D eigenvalue weighted by molar-refractivity contribution is 5.93. The Hall–Kier alpha value is -3.78. The highest BCUT2D eigenvalue weighted by Crippen LogP contribution is 2.18. The molecule has 0 aliphatic carbocycles. The second-order valence-electron chi connectivity index (χ2n) is 6.87. The van der Waals surface area contributed by atoms with E-state index >= 15 is 0 Å². The zero-order valence-electron chi connectivity index (χ0n) is 16.6. The number of para-hydroxylation sites is 1. The number of hydrogen-bond donors (Lipinski definition) is 0. The minimum atomic E-state index is -0.447. The highest BCUT2D eigenvalue weighted by Gasteiger charge is 2.23. The molecular weight excluding hydrogens is 384 g/mol. The Labute approximate surface area is 171 Å². The van der Waals surface area contributed by atoms with Crippen molar-refractivity contribution < 1.29 is 9.53 Å². The number of aryl methyl sites for hydroxylation is 1. The van der Waals surface area contributed by atoms with Gasteiger partial charge in [0.05, 0.1) is 23.1 Å². The number of carbonyl (C=O) groups excluding carboxylic acids is 1. The second-order valence-corrected chi connectivity index (χ2v) is 6.87. The van der Waals surface area contributed by atoms with E-state index in [1.54, 1.807) is 49.6 Å². The SMILES string of the molecule is COCC(=O)n1c2cc(=O)n(Cc3cccnc3)c(C)c2c(=O)n1-c1ccccc1. The number of nitrogens with zero attached hydrogens (tertiary/aromatic N) is 4. The van der Waals surface area contributed by atoms with Crippen LogP contribution in [0.5, 0.6) is 0 Å². The smallest absolute Gasteiger partial charge is 0.281 e. The lowest BCUT2D eigenvalue weighted by atomic mass is 10.2. The zero-order valence-corrected chi connectivity index (χ0v) is 16.6. The van der Waals surface area contributed by atoms with Crippen LogP contribution < -0.4 is 11.1 Å². The third-order valence-corrected chi connectivity index (χ3v) is 4.95. The average molecular weight is 404 g/mol. The molecule has 1 aromatic carbocycles. The van der Waals surface area contributed by atoms with Crippen molar-refractivity contribution in [2.75, 3.05) is 13.7 Å². The number of pyridine rings is 2. The maximum atomic E-state index is 13.4. The van der Waals surface area contributed by atoms with Crippen molar-refractivity contribution in [1.82, 2.24) is 18.9 Å². The molecule has 0 aliphatic heterocycles. The third kappa shape index (κ3) is 3.27. The molecule has 3 heterocycles. The lowest BCUT2D eigenvalue weighted by Crippen LogP contribution is -2.28. The minimum absolute atomic E-state index is 0.228. The van der Waals surface area contributed by atoms with Crippen molar-refractivity contribution in [2.24, 2.45) is 0 Å². The maximum absolute atomic E-state index is 13.4. The first-order valence-corrected chi connectivity index (χ1v) is 9.37. The summed E-state index contributed by atoms with van der Waals surface area (Å²) in [5.41, 5.74) is 1.41. The summed E-state index contributed by atoms with van der Waals surface area (Å²) in [5, 5.41) is 0.312. The molecule has 4 rings (SSSR count). The van der Waals surface area contributed by atoms with Crippen LogP contribution in [0.3, 0.4) is 0 Å². The third-order valence-electron chi connectivity index (χ3n) is 4.95. The van der Waals surface area contributed by atoms with Crippen LogP contribution in [0.15, 0.2) is 70.5 Å². The first kappa shape index (κ1) is 19.5. The van der Waals surface area contributed by atoms with Crippen LogP contribution in [0, 0.1) is 6.92 Å². The molecule has 8 nitrogen and oxygen atoms in total. The van der Waals surface area contributed by atoms with Gasteiger partial charge < -0.3 is 9.30 Å². The number of methoxy groups -OCH3 is 1. The molecule has 0 aliphatic rings. The standard InChI is InChI=1S/C22H20N4O4/c1-15-21-18(11-19(27)24(15)13-16-7-6-10-23-12-16)26(20(28)14-30-2)25(22(21)29)17-8-4-3-5-9-17/h3-12H,13-14H2,1-2H3. The predicted molar refractivity (Wildman–Crippen MR) is 112 cm³/mol. The topological polar surface area (TPSA) is 88.1 Å². The van der Waals surface area contributed by atoms with Crippen molar-refractivity contribution >= 4 is 16.8 Å². The lowest BCUT2D eigenvalue weighted by Gasteiger charge is -2.12. The van der Waals surface area contributed by atoms with E-state index in [0.717, 1.165) is 5.56 Å². The molecule has 4 aromatic rings. The largest absolute Gasteiger partial charge is 0.375 e. The summed E-state index contributed by atoms with van der Waals surface area (Å²) < 4.78 is 9.02. The van der Waals surface area contributed by atoms with Crippen LogP contribution in [-0.2, 0) is 11.3 Å². The predicted octanol–water partition coefficient (Wildman–Crippen LogP) is 1.99. The first-order chi connectivity index (χ1) is 14.5. The molecule has 152 valence electrons. The number of carbonyl (C=O) groups is 1. The molecule has 3 aromatic heterocycles. The van der Waals surface area contributed by atoms with Crippen molar-refractivity contribution in [3.63, 3.8) is 0 Å². The quantitative estimate of drug-likeness (QED) is 0.508. The van der Waals surface area contributed by atoms with Gasteiger partial charge in [-0.25, -0.2) is 9.36 Å². The summed E-state index contributed by atoms with van der Waals surface area (Å²) in [6.07, 6.45) is 3.33. The molecule has 0 bridgehead atoms. The Morgan fingerprint density at radius 3 is 2.53 bits per heavy atom. The summed E-state index contributed by atoms with van der Waals surface area (Å²) >= 11 is 0. The van der Waals surface area contributed by atoms with Crippen LogP contribution in [0.1, 0.15) is 16.1 Å². The lowest BCUT2D eigenvalue weighted by molar-refractivity contribution is 0.0741. The zero-order chi connectivity index (χ0) is 21.3. The Balaban J connectivity index is 2.03. The van der Waals surface area contributed by atoms with Crippen LogP contribution in [0.2, 0.25) is 0 Å². The molecule has 0 amide bonds. The van der Waals surface area contributed by atoms with Gasteiger partial charge >= 0.3 is 0 Å². The Morgan fingerprint density at radius 2 is 1.87 bits per heavy atom. The van der Waals surface area contributed by atoms with Gasteiger partial charge in [0, 0.05) is 31.3 Å². The minimum Gasteiger partial charge on any atom is -0.375 e. The fourth-order valence-electron chi connectivity index (χ4n) is 3.59. The number of ether oxygens (including phenoxy) is 1. The molecule has 0 radical (unpaired) electrons. The second kappa shape index (κ2) is 7.92. The maximum Gasteiger partial charge on any atom is 0.281 e. The van der Waals surface area contributed by atoms with Gasteiger partial charge in [0.25, 0.3) is 17.0 Å². The van der Waals surface area contributed by atoms with Crippen LogP contribution >= 0.6 is 0 Å². The van der Waals surface area contributed by atoms with Gasteiger partial charge in [-0.1, -0.05) is 24.3 Å². The first-order valence-electron chi connectivity index (χ1n) is 9.37. The van der Waals surface area contributed by atoms with E-state index in [4.69, 9.17) is 4.74 Å². The van der Waals surface area contributed by atoms with E-state index in [0.29, 0.717) is 16.8 Å². The van der Waals surface area contributed by atoms with E-state index in [1.165, 1.54) is 27.1 Å². The molecule has 0 fully saturated rings. The molecule has 0 saturated carbocycles. The van der Waals surface area contributed by atoms with E-state index < -0.39 is 5.91 Å². The number of hydrogen-bond acceptors (Lipinski definition) is 5. The van der Waals surface area contributed by atoms with Crippen LogP contribution in [-0.4, -0.2) is 38.5 Å². The van der Waals surface area contributed by atoms with Gasteiger partial charge in [-0.2, -0.15) is 0 Å². The Bertz CT molecular complexity index is 1340. The van der Waals surface area contributed by atoms with E-state index in [-0.39, 0.29) is 29.8 Å². The summed E-state index contributed by atoms with van der Waals surface area (Å²) in [7, 11) is 1.40. The molecule has 0 unspecified atom stereocenters. The summed E-state index contributed by atoms with van der Waals surface area (Å²) in [6, 6.07) is 13.8. The summed E-state index contributed by atoms with van der Waals surface area (Å²) in [6.45, 7) is 1.76. The summed E-state index contributed by atoms with van der Waals surface area (Å²) in [4.78, 5) is 43.2.